The number of fused-ring (bicyclic) bond motifs is 2. The molecule has 0 radical (unpaired) electrons. The third-order valence-electron chi connectivity index (χ3n) is 5.91. The molecular weight excluding hydrogens is 396 g/mol. The molecule has 0 aromatic heterocycles. The molecule has 2 atom stereocenters. The topological polar surface area (TPSA) is 60.5 Å². The van der Waals surface area contributed by atoms with E-state index in [-0.39, 0.29) is 24.9 Å². The second-order valence-electron chi connectivity index (χ2n) is 8.54. The smallest absolute Gasteiger partial charge is 0.254 e. The average Bonchev–Trinajstić information content (AvgIpc) is 3.10. The zero-order chi connectivity index (χ0) is 21.4. The van der Waals surface area contributed by atoms with Crippen LogP contribution in [0.5, 0.6) is 17.2 Å². The maximum Gasteiger partial charge on any atom is 0.254 e. The van der Waals surface area contributed by atoms with E-state index in [0.29, 0.717) is 36.8 Å². The third kappa shape index (κ3) is 4.34. The molecule has 0 spiro atoms. The standard InChI is InChI=1S/C24H28N2O5/c1-16-11-25(12-17(2)31-16)13-18-3-5-21-20(9-18)14-26(7-8-28-21)24(27)19-4-6-22-23(10-19)30-15-29-22/h3-6,9-10,16-17H,7-8,11-15H2,1-2H3/t16-,17+. The van der Waals surface area contributed by atoms with Gasteiger partial charge in [0.05, 0.1) is 18.8 Å². The van der Waals surface area contributed by atoms with Crippen molar-refractivity contribution in [3.8, 4) is 17.2 Å². The molecule has 3 aliphatic heterocycles. The van der Waals surface area contributed by atoms with Crippen molar-refractivity contribution in [1.29, 1.82) is 0 Å². The summed E-state index contributed by atoms with van der Waals surface area (Å²) in [6, 6.07) is 11.7. The summed E-state index contributed by atoms with van der Waals surface area (Å²) in [7, 11) is 0. The molecule has 7 nitrogen and oxygen atoms in total. The normalized spacial score (nSPS) is 23.1. The lowest BCUT2D eigenvalue weighted by Crippen LogP contribution is -2.44. The van der Waals surface area contributed by atoms with Crippen molar-refractivity contribution in [2.24, 2.45) is 0 Å². The fraction of sp³-hybridized carbons (Fsp3) is 0.458. The highest BCUT2D eigenvalue weighted by Crippen LogP contribution is 2.33. The molecule has 164 valence electrons. The van der Waals surface area contributed by atoms with E-state index in [1.165, 1.54) is 5.56 Å². The van der Waals surface area contributed by atoms with E-state index in [9.17, 15) is 4.79 Å². The van der Waals surface area contributed by atoms with Gasteiger partial charge in [0.25, 0.3) is 5.91 Å². The number of carbonyl (C=O) groups is 1. The number of carbonyl (C=O) groups excluding carboxylic acids is 1. The van der Waals surface area contributed by atoms with Crippen LogP contribution in [0.2, 0.25) is 0 Å². The van der Waals surface area contributed by atoms with Gasteiger partial charge in [0.1, 0.15) is 12.4 Å². The summed E-state index contributed by atoms with van der Waals surface area (Å²) >= 11 is 0. The first kappa shape index (κ1) is 20.2. The van der Waals surface area contributed by atoms with Gasteiger partial charge in [-0.25, -0.2) is 0 Å². The van der Waals surface area contributed by atoms with Crippen LogP contribution in [0.3, 0.4) is 0 Å². The molecule has 3 aliphatic rings. The van der Waals surface area contributed by atoms with E-state index in [1.54, 1.807) is 18.2 Å². The second-order valence-corrected chi connectivity index (χ2v) is 8.54. The molecule has 31 heavy (non-hydrogen) atoms. The molecule has 0 aliphatic carbocycles. The molecule has 7 heteroatoms. The average molecular weight is 424 g/mol. The predicted molar refractivity (Wildman–Crippen MR) is 115 cm³/mol. The van der Waals surface area contributed by atoms with Gasteiger partial charge < -0.3 is 23.8 Å². The molecule has 2 aromatic rings. The minimum absolute atomic E-state index is 0.0315. The Bertz CT molecular complexity index is 968. The zero-order valence-corrected chi connectivity index (χ0v) is 18.0. The van der Waals surface area contributed by atoms with Crippen molar-refractivity contribution < 1.29 is 23.7 Å². The van der Waals surface area contributed by atoms with Crippen LogP contribution in [0.15, 0.2) is 36.4 Å². The lowest BCUT2D eigenvalue weighted by molar-refractivity contribution is -0.0705. The molecule has 5 rings (SSSR count). The molecule has 1 saturated heterocycles. The van der Waals surface area contributed by atoms with Gasteiger partial charge in [-0.3, -0.25) is 9.69 Å². The minimum atomic E-state index is -0.0315. The van der Waals surface area contributed by atoms with Crippen molar-refractivity contribution in [2.75, 3.05) is 33.0 Å². The van der Waals surface area contributed by atoms with Crippen molar-refractivity contribution in [3.05, 3.63) is 53.1 Å². The fourth-order valence-corrected chi connectivity index (χ4v) is 4.60. The number of morpholine rings is 1. The van der Waals surface area contributed by atoms with E-state index in [0.717, 1.165) is 30.9 Å². The van der Waals surface area contributed by atoms with E-state index in [2.05, 4.69) is 30.9 Å². The lowest BCUT2D eigenvalue weighted by Gasteiger charge is -2.35. The summed E-state index contributed by atoms with van der Waals surface area (Å²) in [5.74, 6) is 2.12. The van der Waals surface area contributed by atoms with Crippen molar-refractivity contribution >= 4 is 5.91 Å². The van der Waals surface area contributed by atoms with E-state index < -0.39 is 0 Å². The fourth-order valence-electron chi connectivity index (χ4n) is 4.60. The van der Waals surface area contributed by atoms with Crippen LogP contribution in [0, 0.1) is 0 Å². The van der Waals surface area contributed by atoms with Gasteiger partial charge in [-0.1, -0.05) is 6.07 Å². The van der Waals surface area contributed by atoms with Crippen LogP contribution in [0.1, 0.15) is 35.3 Å². The summed E-state index contributed by atoms with van der Waals surface area (Å²) in [5, 5.41) is 0. The first-order valence-corrected chi connectivity index (χ1v) is 10.9. The highest BCUT2D eigenvalue weighted by molar-refractivity contribution is 5.95. The quantitative estimate of drug-likeness (QED) is 0.755. The van der Waals surface area contributed by atoms with Gasteiger partial charge in [0.15, 0.2) is 11.5 Å². The number of rotatable bonds is 3. The van der Waals surface area contributed by atoms with E-state index in [1.807, 2.05) is 11.0 Å². The minimum Gasteiger partial charge on any atom is -0.491 e. The lowest BCUT2D eigenvalue weighted by atomic mass is 10.1. The first-order valence-electron chi connectivity index (χ1n) is 10.9. The summed E-state index contributed by atoms with van der Waals surface area (Å²) < 4.78 is 22.6. The summed E-state index contributed by atoms with van der Waals surface area (Å²) in [5.41, 5.74) is 2.86. The van der Waals surface area contributed by atoms with Gasteiger partial charge in [-0.15, -0.1) is 0 Å². The Kier molecular flexibility index (Phi) is 5.46. The van der Waals surface area contributed by atoms with Crippen LogP contribution < -0.4 is 14.2 Å². The predicted octanol–water partition coefficient (Wildman–Crippen LogP) is 3.06. The van der Waals surface area contributed by atoms with Gasteiger partial charge >= 0.3 is 0 Å². The third-order valence-corrected chi connectivity index (χ3v) is 5.91. The van der Waals surface area contributed by atoms with Crippen LogP contribution >= 0.6 is 0 Å². The SMILES string of the molecule is C[C@@H]1CN(Cc2ccc3c(c2)CN(C(=O)c2ccc4c(c2)OCO4)CCO3)C[C@H](C)O1. The van der Waals surface area contributed by atoms with Crippen molar-refractivity contribution in [3.63, 3.8) is 0 Å². The number of hydrogen-bond acceptors (Lipinski definition) is 6. The molecule has 0 bridgehead atoms. The monoisotopic (exact) mass is 424 g/mol. The molecule has 1 fully saturated rings. The van der Waals surface area contributed by atoms with Crippen LogP contribution in [-0.2, 0) is 17.8 Å². The van der Waals surface area contributed by atoms with Crippen LogP contribution in [0.4, 0.5) is 0 Å². The molecular formula is C24H28N2O5. The molecule has 0 N–H and O–H groups in total. The largest absolute Gasteiger partial charge is 0.491 e. The Labute approximate surface area is 182 Å². The Balaban J connectivity index is 1.32. The zero-order valence-electron chi connectivity index (χ0n) is 18.0. The molecule has 0 saturated carbocycles. The Morgan fingerprint density at radius 3 is 2.58 bits per heavy atom. The number of nitrogens with zero attached hydrogens (tertiary/aromatic N) is 2. The van der Waals surface area contributed by atoms with Crippen molar-refractivity contribution in [1.82, 2.24) is 9.80 Å². The molecule has 2 aromatic carbocycles. The number of benzene rings is 2. The Morgan fingerprint density at radius 2 is 1.74 bits per heavy atom. The second kappa shape index (κ2) is 8.40. The Morgan fingerprint density at radius 1 is 0.968 bits per heavy atom. The highest BCUT2D eigenvalue weighted by Gasteiger charge is 2.25. The molecule has 1 amide bonds. The van der Waals surface area contributed by atoms with Gasteiger partial charge in [0, 0.05) is 37.3 Å². The van der Waals surface area contributed by atoms with E-state index >= 15 is 0 Å². The van der Waals surface area contributed by atoms with Crippen LogP contribution in [0.25, 0.3) is 0 Å². The van der Waals surface area contributed by atoms with Crippen molar-refractivity contribution in [2.45, 2.75) is 39.1 Å². The highest BCUT2D eigenvalue weighted by atomic mass is 16.7. The van der Waals surface area contributed by atoms with Gasteiger partial charge in [0.2, 0.25) is 6.79 Å². The summed E-state index contributed by atoms with van der Waals surface area (Å²) in [6.07, 6.45) is 0.477. The first-order chi connectivity index (χ1) is 15.0. The maximum atomic E-state index is 13.2. The summed E-state index contributed by atoms with van der Waals surface area (Å²) in [4.78, 5) is 17.5. The van der Waals surface area contributed by atoms with Crippen LogP contribution in [-0.4, -0.2) is 60.9 Å². The number of hydrogen-bond donors (Lipinski definition) is 0. The number of amides is 1. The maximum absolute atomic E-state index is 13.2. The number of ether oxygens (including phenoxy) is 4. The summed E-state index contributed by atoms with van der Waals surface area (Å²) in [6.45, 7) is 8.67. The molecule has 3 heterocycles. The van der Waals surface area contributed by atoms with E-state index in [4.69, 9.17) is 18.9 Å². The van der Waals surface area contributed by atoms with Gasteiger partial charge in [-0.05, 0) is 49.7 Å². The van der Waals surface area contributed by atoms with Gasteiger partial charge in [-0.2, -0.15) is 0 Å². The Hall–Kier alpha value is -2.77. The molecule has 0 unspecified atom stereocenters.